The second-order valence-electron chi connectivity index (χ2n) is 5.93. The summed E-state index contributed by atoms with van der Waals surface area (Å²) in [5.74, 6) is -0.410. The van der Waals surface area contributed by atoms with E-state index in [2.05, 4.69) is 5.32 Å². The van der Waals surface area contributed by atoms with E-state index < -0.39 is 11.6 Å². The molecule has 1 atom stereocenters. The Morgan fingerprint density at radius 2 is 2.00 bits per heavy atom. The minimum absolute atomic E-state index is 0.0909. The Morgan fingerprint density at radius 1 is 1.31 bits per heavy atom. The third kappa shape index (κ3) is 6.09. The molecule has 0 aliphatic carbocycles. The van der Waals surface area contributed by atoms with Gasteiger partial charge in [-0.3, -0.25) is 9.59 Å². The molecule has 1 saturated heterocycles. The number of thioether (sulfide) groups is 1. The summed E-state index contributed by atoms with van der Waals surface area (Å²) in [7, 11) is 0. The number of hydrogen-bond acceptors (Lipinski definition) is 3. The molecule has 0 saturated carbocycles. The van der Waals surface area contributed by atoms with Gasteiger partial charge >= 0.3 is 5.51 Å². The zero-order chi connectivity index (χ0) is 19.2. The van der Waals surface area contributed by atoms with Crippen LogP contribution in [-0.4, -0.2) is 41.4 Å². The zero-order valence-electron chi connectivity index (χ0n) is 14.4. The lowest BCUT2D eigenvalue weighted by Gasteiger charge is -2.22. The van der Waals surface area contributed by atoms with Crippen molar-refractivity contribution in [2.75, 3.05) is 13.1 Å². The fourth-order valence-corrected chi connectivity index (χ4v) is 3.25. The Hall–Kier alpha value is -1.96. The van der Waals surface area contributed by atoms with Crippen molar-refractivity contribution < 1.29 is 22.8 Å². The van der Waals surface area contributed by atoms with Crippen molar-refractivity contribution in [2.24, 2.45) is 0 Å². The number of rotatable bonds is 6. The van der Waals surface area contributed by atoms with Crippen LogP contribution in [0.4, 0.5) is 13.2 Å². The molecule has 1 aromatic rings. The molecule has 26 heavy (non-hydrogen) atoms. The summed E-state index contributed by atoms with van der Waals surface area (Å²) in [6, 6.07) is 5.31. The van der Waals surface area contributed by atoms with Crippen molar-refractivity contribution in [3.63, 3.8) is 0 Å². The molecule has 0 spiro atoms. The van der Waals surface area contributed by atoms with E-state index in [9.17, 15) is 22.8 Å². The normalized spacial score (nSPS) is 17.7. The molecule has 0 bridgehead atoms. The van der Waals surface area contributed by atoms with Crippen LogP contribution >= 0.6 is 11.8 Å². The predicted octanol–water partition coefficient (Wildman–Crippen LogP) is 3.83. The van der Waals surface area contributed by atoms with E-state index in [-0.39, 0.29) is 28.5 Å². The Kier molecular flexibility index (Phi) is 7.14. The highest BCUT2D eigenvalue weighted by Crippen LogP contribution is 2.36. The average Bonchev–Trinajstić information content (AvgIpc) is 3.07. The Bertz CT molecular complexity index is 659. The van der Waals surface area contributed by atoms with E-state index in [4.69, 9.17) is 0 Å². The number of hydrogen-bond donors (Lipinski definition) is 1. The molecular weight excluding hydrogens is 365 g/mol. The van der Waals surface area contributed by atoms with Gasteiger partial charge in [0.25, 0.3) is 0 Å². The standard InChI is InChI=1S/C18H21F3N2O2S/c1-2-11-22-17(25)15-4-3-12-23(15)16(24)10-7-13-5-8-14(9-6-13)26-18(19,20)21/h5-10,15H,2-4,11-12H2,1H3,(H,22,25). The summed E-state index contributed by atoms with van der Waals surface area (Å²) in [5.41, 5.74) is -3.70. The maximum absolute atomic E-state index is 12.4. The van der Waals surface area contributed by atoms with E-state index >= 15 is 0 Å². The molecule has 4 nitrogen and oxygen atoms in total. The van der Waals surface area contributed by atoms with Crippen LogP contribution in [0.5, 0.6) is 0 Å². The first kappa shape index (κ1) is 20.4. The van der Waals surface area contributed by atoms with Gasteiger partial charge < -0.3 is 10.2 Å². The van der Waals surface area contributed by atoms with Crippen LogP contribution in [0.15, 0.2) is 35.2 Å². The fourth-order valence-electron chi connectivity index (χ4n) is 2.71. The fraction of sp³-hybridized carbons (Fsp3) is 0.444. The number of nitrogens with zero attached hydrogens (tertiary/aromatic N) is 1. The first-order valence-corrected chi connectivity index (χ1v) is 9.24. The largest absolute Gasteiger partial charge is 0.446 e. The number of amides is 2. The van der Waals surface area contributed by atoms with Gasteiger partial charge in [0.05, 0.1) is 0 Å². The highest BCUT2D eigenvalue weighted by Gasteiger charge is 2.32. The van der Waals surface area contributed by atoms with Crippen molar-refractivity contribution in [2.45, 2.75) is 42.6 Å². The van der Waals surface area contributed by atoms with E-state index in [1.165, 1.54) is 35.2 Å². The number of benzene rings is 1. The zero-order valence-corrected chi connectivity index (χ0v) is 15.2. The maximum Gasteiger partial charge on any atom is 0.446 e. The number of alkyl halides is 3. The van der Waals surface area contributed by atoms with Gasteiger partial charge in [0.15, 0.2) is 0 Å². The third-order valence-corrected chi connectivity index (χ3v) is 4.66. The molecule has 1 aliphatic rings. The van der Waals surface area contributed by atoms with Crippen LogP contribution in [0.1, 0.15) is 31.7 Å². The predicted molar refractivity (Wildman–Crippen MR) is 95.4 cm³/mol. The van der Waals surface area contributed by atoms with Gasteiger partial charge in [0.1, 0.15) is 6.04 Å². The second kappa shape index (κ2) is 9.12. The van der Waals surface area contributed by atoms with E-state index in [1.54, 1.807) is 6.08 Å². The van der Waals surface area contributed by atoms with Gasteiger partial charge in [0.2, 0.25) is 11.8 Å². The van der Waals surface area contributed by atoms with Crippen molar-refractivity contribution >= 4 is 29.7 Å². The highest BCUT2D eigenvalue weighted by atomic mass is 32.2. The monoisotopic (exact) mass is 386 g/mol. The first-order valence-electron chi connectivity index (χ1n) is 8.42. The molecule has 8 heteroatoms. The van der Waals surface area contributed by atoms with Crippen LogP contribution in [0.3, 0.4) is 0 Å². The van der Waals surface area contributed by atoms with Crippen molar-refractivity contribution in [3.8, 4) is 0 Å². The molecule has 2 rings (SSSR count). The summed E-state index contributed by atoms with van der Waals surface area (Å²) in [6.07, 6.45) is 5.14. The van der Waals surface area contributed by atoms with Crippen LogP contribution in [0.25, 0.3) is 6.08 Å². The molecule has 1 unspecified atom stereocenters. The lowest BCUT2D eigenvalue weighted by atomic mass is 10.2. The Balaban J connectivity index is 1.96. The molecule has 142 valence electrons. The van der Waals surface area contributed by atoms with E-state index in [1.807, 2.05) is 6.92 Å². The second-order valence-corrected chi connectivity index (χ2v) is 7.07. The lowest BCUT2D eigenvalue weighted by molar-refractivity contribution is -0.135. The summed E-state index contributed by atoms with van der Waals surface area (Å²) in [5, 5.41) is 2.81. The first-order chi connectivity index (χ1) is 12.3. The molecule has 0 aromatic heterocycles. The van der Waals surface area contributed by atoms with Crippen molar-refractivity contribution in [3.05, 3.63) is 35.9 Å². The number of halogens is 3. The maximum atomic E-state index is 12.4. The average molecular weight is 386 g/mol. The Labute approximate surface area is 154 Å². The molecular formula is C18H21F3N2O2S. The lowest BCUT2D eigenvalue weighted by Crippen LogP contribution is -2.45. The summed E-state index contributed by atoms with van der Waals surface area (Å²) in [6.45, 7) is 3.06. The molecule has 1 aliphatic heterocycles. The summed E-state index contributed by atoms with van der Waals surface area (Å²) >= 11 is -0.180. The summed E-state index contributed by atoms with van der Waals surface area (Å²) < 4.78 is 36.9. The number of carbonyl (C=O) groups is 2. The number of nitrogens with one attached hydrogen (secondary N) is 1. The van der Waals surface area contributed by atoms with Gasteiger partial charge in [-0.15, -0.1) is 0 Å². The van der Waals surface area contributed by atoms with Crippen LogP contribution in [0, 0.1) is 0 Å². The van der Waals surface area contributed by atoms with Gasteiger partial charge in [0, 0.05) is 24.1 Å². The van der Waals surface area contributed by atoms with Gasteiger partial charge in [-0.1, -0.05) is 19.1 Å². The SMILES string of the molecule is CCCNC(=O)C1CCCN1C(=O)C=Cc1ccc(SC(F)(F)F)cc1. The third-order valence-electron chi connectivity index (χ3n) is 3.92. The molecule has 1 heterocycles. The van der Waals surface area contributed by atoms with Gasteiger partial charge in [-0.25, -0.2) is 0 Å². The molecule has 1 N–H and O–H groups in total. The smallest absolute Gasteiger partial charge is 0.354 e. The Morgan fingerprint density at radius 3 is 2.62 bits per heavy atom. The number of likely N-dealkylation sites (tertiary alicyclic amines) is 1. The van der Waals surface area contributed by atoms with Crippen LogP contribution in [-0.2, 0) is 9.59 Å². The minimum atomic E-state index is -4.32. The molecule has 0 radical (unpaired) electrons. The minimum Gasteiger partial charge on any atom is -0.354 e. The summed E-state index contributed by atoms with van der Waals surface area (Å²) in [4.78, 5) is 26.1. The molecule has 2 amide bonds. The van der Waals surface area contributed by atoms with Crippen LogP contribution in [0.2, 0.25) is 0 Å². The topological polar surface area (TPSA) is 49.4 Å². The molecule has 1 fully saturated rings. The van der Waals surface area contributed by atoms with Gasteiger partial charge in [-0.05, 0) is 54.8 Å². The highest BCUT2D eigenvalue weighted by molar-refractivity contribution is 8.00. The van der Waals surface area contributed by atoms with E-state index in [0.717, 1.165) is 12.8 Å². The van der Waals surface area contributed by atoms with Crippen LogP contribution < -0.4 is 5.32 Å². The van der Waals surface area contributed by atoms with Crippen molar-refractivity contribution in [1.29, 1.82) is 0 Å². The number of carbonyl (C=O) groups excluding carboxylic acids is 2. The van der Waals surface area contributed by atoms with Crippen molar-refractivity contribution in [1.82, 2.24) is 10.2 Å². The van der Waals surface area contributed by atoms with Gasteiger partial charge in [-0.2, -0.15) is 13.2 Å². The molecule has 1 aromatic carbocycles. The van der Waals surface area contributed by atoms with E-state index in [0.29, 0.717) is 25.1 Å². The quantitative estimate of drug-likeness (QED) is 0.597.